The molecule has 0 unspecified atom stereocenters. The van der Waals surface area contributed by atoms with Crippen molar-refractivity contribution in [2.45, 2.75) is 84.2 Å². The first-order valence-electron chi connectivity index (χ1n) is 10.5. The van der Waals surface area contributed by atoms with Crippen LogP contribution in [0.3, 0.4) is 0 Å². The number of fused-ring (bicyclic) bond motifs is 1. The van der Waals surface area contributed by atoms with E-state index in [2.05, 4.69) is 35.7 Å². The fourth-order valence-corrected chi connectivity index (χ4v) is 5.07. The van der Waals surface area contributed by atoms with Crippen LogP contribution in [0, 0.1) is 5.41 Å². The molecule has 4 heteroatoms. The van der Waals surface area contributed by atoms with Crippen molar-refractivity contribution in [3.63, 3.8) is 0 Å². The normalized spacial score (nSPS) is 20.4. The van der Waals surface area contributed by atoms with E-state index in [9.17, 15) is 0 Å². The Bertz CT molecular complexity index is 548. The van der Waals surface area contributed by atoms with E-state index in [1.165, 1.54) is 69.4 Å². The van der Waals surface area contributed by atoms with Gasteiger partial charge in [-0.3, -0.25) is 4.90 Å². The molecule has 2 heterocycles. The number of aromatic nitrogens is 2. The lowest BCUT2D eigenvalue weighted by molar-refractivity contribution is 0.156. The van der Waals surface area contributed by atoms with E-state index in [1.54, 1.807) is 5.69 Å². The summed E-state index contributed by atoms with van der Waals surface area (Å²) in [5.41, 5.74) is 3.59. The molecular weight excluding hydrogens is 308 g/mol. The molecule has 0 aromatic carbocycles. The molecule has 1 aromatic heterocycles. The molecule has 142 valence electrons. The van der Waals surface area contributed by atoms with Gasteiger partial charge in [-0.05, 0) is 51.6 Å². The molecule has 0 bridgehead atoms. The van der Waals surface area contributed by atoms with Gasteiger partial charge in [0.15, 0.2) is 0 Å². The summed E-state index contributed by atoms with van der Waals surface area (Å²) in [5, 5.41) is 3.26. The Morgan fingerprint density at radius 1 is 1.24 bits per heavy atom. The first-order chi connectivity index (χ1) is 12.1. The lowest BCUT2D eigenvalue weighted by atomic mass is 9.67. The number of aryl methyl sites for hydroxylation is 1. The highest BCUT2D eigenvalue weighted by Crippen LogP contribution is 2.48. The van der Waals surface area contributed by atoms with Gasteiger partial charge in [-0.15, -0.1) is 0 Å². The van der Waals surface area contributed by atoms with Crippen molar-refractivity contribution >= 4 is 0 Å². The number of imidazole rings is 1. The molecule has 1 N–H and O–H groups in total. The smallest absolute Gasteiger partial charge is 0.109 e. The van der Waals surface area contributed by atoms with Crippen LogP contribution in [0.4, 0.5) is 0 Å². The molecule has 1 aromatic rings. The van der Waals surface area contributed by atoms with Crippen LogP contribution in [0.25, 0.3) is 0 Å². The summed E-state index contributed by atoms with van der Waals surface area (Å²) < 4.78 is 2.59. The minimum Gasteiger partial charge on any atom is -0.331 e. The van der Waals surface area contributed by atoms with E-state index in [-0.39, 0.29) is 0 Å². The van der Waals surface area contributed by atoms with Crippen molar-refractivity contribution < 1.29 is 0 Å². The monoisotopic (exact) mass is 346 g/mol. The average molecular weight is 347 g/mol. The maximum Gasteiger partial charge on any atom is 0.109 e. The third-order valence-electron chi connectivity index (χ3n) is 7.04. The summed E-state index contributed by atoms with van der Waals surface area (Å²) in [5.74, 6) is 2.09. The summed E-state index contributed by atoms with van der Waals surface area (Å²) in [6.07, 6.45) is 10.7. The number of hydrogen-bond donors (Lipinski definition) is 1. The highest BCUT2D eigenvalue weighted by Gasteiger charge is 2.36. The Hall–Kier alpha value is -0.870. The number of likely N-dealkylation sites (N-methyl/N-ethyl adjacent to an activating group) is 2. The summed E-state index contributed by atoms with van der Waals surface area (Å²) in [6, 6.07) is 0. The molecule has 0 spiro atoms. The molecule has 3 rings (SSSR count). The first kappa shape index (κ1) is 18.9. The van der Waals surface area contributed by atoms with Gasteiger partial charge in [0.05, 0.1) is 5.69 Å². The quantitative estimate of drug-likeness (QED) is 0.774. The molecule has 0 atom stereocenters. The van der Waals surface area contributed by atoms with Gasteiger partial charge in [0, 0.05) is 44.2 Å². The third-order valence-corrected chi connectivity index (χ3v) is 7.04. The van der Waals surface area contributed by atoms with Crippen LogP contribution in [-0.2, 0) is 19.5 Å². The maximum absolute atomic E-state index is 5.09. The Balaban J connectivity index is 1.76. The van der Waals surface area contributed by atoms with Crippen molar-refractivity contribution in [1.82, 2.24) is 19.8 Å². The minimum absolute atomic E-state index is 0.619. The van der Waals surface area contributed by atoms with Gasteiger partial charge in [0.1, 0.15) is 5.82 Å². The van der Waals surface area contributed by atoms with Gasteiger partial charge in [0.25, 0.3) is 0 Å². The van der Waals surface area contributed by atoms with Crippen LogP contribution in [0.2, 0.25) is 0 Å². The van der Waals surface area contributed by atoms with Gasteiger partial charge in [-0.1, -0.05) is 26.7 Å². The SMILES string of the molecule is CCC1(CC)CCC(c2c(CN(C)CCNC)nc3n2CCC3)CC1. The van der Waals surface area contributed by atoms with Crippen LogP contribution >= 0.6 is 0 Å². The van der Waals surface area contributed by atoms with Crippen molar-refractivity contribution in [3.05, 3.63) is 17.2 Å². The van der Waals surface area contributed by atoms with Crippen LogP contribution in [0.1, 0.15) is 81.9 Å². The molecule has 0 saturated heterocycles. The Morgan fingerprint density at radius 2 is 1.96 bits per heavy atom. The number of nitrogens with one attached hydrogen (secondary N) is 1. The lowest BCUT2D eigenvalue weighted by Crippen LogP contribution is -2.29. The maximum atomic E-state index is 5.09. The summed E-state index contributed by atoms with van der Waals surface area (Å²) in [6.45, 7) is 9.10. The van der Waals surface area contributed by atoms with E-state index in [0.717, 1.165) is 25.6 Å². The Kier molecular flexibility index (Phi) is 6.21. The highest BCUT2D eigenvalue weighted by atomic mass is 15.2. The Morgan fingerprint density at radius 3 is 2.60 bits per heavy atom. The number of hydrogen-bond acceptors (Lipinski definition) is 3. The van der Waals surface area contributed by atoms with Gasteiger partial charge < -0.3 is 9.88 Å². The van der Waals surface area contributed by atoms with Crippen molar-refractivity contribution in [2.75, 3.05) is 27.2 Å². The lowest BCUT2D eigenvalue weighted by Gasteiger charge is -2.39. The largest absolute Gasteiger partial charge is 0.331 e. The van der Waals surface area contributed by atoms with Crippen molar-refractivity contribution in [1.29, 1.82) is 0 Å². The molecule has 1 fully saturated rings. The highest BCUT2D eigenvalue weighted by molar-refractivity contribution is 5.24. The molecule has 0 radical (unpaired) electrons. The number of rotatable bonds is 8. The molecule has 1 saturated carbocycles. The first-order valence-corrected chi connectivity index (χ1v) is 10.5. The second kappa shape index (κ2) is 8.22. The van der Waals surface area contributed by atoms with E-state index < -0.39 is 0 Å². The molecule has 4 nitrogen and oxygen atoms in total. The van der Waals surface area contributed by atoms with Crippen LogP contribution in [0.5, 0.6) is 0 Å². The molecular formula is C21H38N4. The van der Waals surface area contributed by atoms with Crippen LogP contribution in [-0.4, -0.2) is 41.6 Å². The topological polar surface area (TPSA) is 33.1 Å². The predicted molar refractivity (Wildman–Crippen MR) is 105 cm³/mol. The fraction of sp³-hybridized carbons (Fsp3) is 0.857. The molecule has 25 heavy (non-hydrogen) atoms. The van der Waals surface area contributed by atoms with E-state index in [1.807, 2.05) is 7.05 Å². The standard InChI is InChI=1S/C21H38N4/c1-5-21(6-2)11-9-17(10-12-21)20-18(16-24(4)15-13-22-3)23-19-8-7-14-25(19)20/h17,22H,5-16H2,1-4H3. The zero-order valence-electron chi connectivity index (χ0n) is 16.9. The molecule has 0 amide bonds. The van der Waals surface area contributed by atoms with Gasteiger partial charge >= 0.3 is 0 Å². The third kappa shape index (κ3) is 3.95. The summed E-state index contributed by atoms with van der Waals surface area (Å²) in [7, 11) is 4.26. The van der Waals surface area contributed by atoms with Crippen LogP contribution in [0.15, 0.2) is 0 Å². The minimum atomic E-state index is 0.619. The van der Waals surface area contributed by atoms with Crippen molar-refractivity contribution in [3.8, 4) is 0 Å². The van der Waals surface area contributed by atoms with Crippen LogP contribution < -0.4 is 5.32 Å². The van der Waals surface area contributed by atoms with E-state index in [0.29, 0.717) is 5.41 Å². The van der Waals surface area contributed by atoms with Gasteiger partial charge in [-0.25, -0.2) is 4.98 Å². The van der Waals surface area contributed by atoms with Crippen molar-refractivity contribution in [2.24, 2.45) is 5.41 Å². The second-order valence-corrected chi connectivity index (χ2v) is 8.44. The summed E-state index contributed by atoms with van der Waals surface area (Å²) in [4.78, 5) is 7.51. The predicted octanol–water partition coefficient (Wildman–Crippen LogP) is 3.94. The molecule has 1 aliphatic carbocycles. The average Bonchev–Trinajstić information content (AvgIpc) is 3.21. The van der Waals surface area contributed by atoms with Gasteiger partial charge in [0.2, 0.25) is 0 Å². The summed E-state index contributed by atoms with van der Waals surface area (Å²) >= 11 is 0. The number of nitrogens with zero attached hydrogens (tertiary/aromatic N) is 3. The fourth-order valence-electron chi connectivity index (χ4n) is 5.07. The van der Waals surface area contributed by atoms with E-state index in [4.69, 9.17) is 4.98 Å². The second-order valence-electron chi connectivity index (χ2n) is 8.44. The van der Waals surface area contributed by atoms with E-state index >= 15 is 0 Å². The van der Waals surface area contributed by atoms with Gasteiger partial charge in [-0.2, -0.15) is 0 Å². The Labute approximate surface area is 154 Å². The zero-order chi connectivity index (χ0) is 17.9. The zero-order valence-corrected chi connectivity index (χ0v) is 16.9. The molecule has 1 aliphatic heterocycles. The molecule has 2 aliphatic rings.